The molecule has 1 aliphatic rings. The Balaban J connectivity index is 2.63. The van der Waals surface area contributed by atoms with Crippen LogP contribution in [0.2, 0.25) is 0 Å². The molecule has 1 unspecified atom stereocenters. The van der Waals surface area contributed by atoms with Gasteiger partial charge in [-0.25, -0.2) is 0 Å². The van der Waals surface area contributed by atoms with E-state index < -0.39 is 0 Å². The van der Waals surface area contributed by atoms with Gasteiger partial charge in [0.25, 0.3) is 0 Å². The maximum atomic E-state index is 9.03. The minimum atomic E-state index is -0.362. The van der Waals surface area contributed by atoms with Crippen LogP contribution in [0.1, 0.15) is 34.1 Å². The predicted octanol–water partition coefficient (Wildman–Crippen LogP) is 2.99. The summed E-state index contributed by atoms with van der Waals surface area (Å²) in [5.41, 5.74) is -0.362. The molecular formula is C10H17N3. The maximum absolute atomic E-state index is 9.03. The minimum Gasteiger partial charge on any atom is -0.198 e. The van der Waals surface area contributed by atoms with E-state index in [1.54, 1.807) is 0 Å². The normalized spacial score (nSPS) is 20.4. The average molecular weight is 179 g/mol. The van der Waals surface area contributed by atoms with Crippen molar-refractivity contribution in [2.75, 3.05) is 0 Å². The summed E-state index contributed by atoms with van der Waals surface area (Å²) in [6.07, 6.45) is 0.891. The summed E-state index contributed by atoms with van der Waals surface area (Å²) in [6.45, 7) is 8.40. The van der Waals surface area contributed by atoms with E-state index in [1.807, 2.05) is 0 Å². The van der Waals surface area contributed by atoms with Crippen LogP contribution in [-0.4, -0.2) is 5.66 Å². The number of nitrogens with zero attached hydrogens (tertiary/aromatic N) is 3. The SMILES string of the molecule is CC(C)CC(C#N)C1(C(C)C)N=N1. The lowest BCUT2D eigenvalue weighted by molar-refractivity contribution is 0.304. The first kappa shape index (κ1) is 10.2. The number of hydrogen-bond donors (Lipinski definition) is 0. The highest BCUT2D eigenvalue weighted by Crippen LogP contribution is 2.44. The van der Waals surface area contributed by atoms with Gasteiger partial charge in [-0.15, -0.1) is 0 Å². The van der Waals surface area contributed by atoms with E-state index in [9.17, 15) is 0 Å². The zero-order chi connectivity index (χ0) is 10.1. The van der Waals surface area contributed by atoms with Crippen LogP contribution in [0.5, 0.6) is 0 Å². The molecule has 72 valence electrons. The molecule has 0 saturated heterocycles. The van der Waals surface area contributed by atoms with Gasteiger partial charge in [-0.05, 0) is 12.3 Å². The first-order valence-electron chi connectivity index (χ1n) is 4.86. The molecular weight excluding hydrogens is 162 g/mol. The molecule has 0 amide bonds. The molecule has 1 heterocycles. The second-order valence-electron chi connectivity index (χ2n) is 4.45. The average Bonchev–Trinajstić information content (AvgIpc) is 2.79. The van der Waals surface area contributed by atoms with E-state index in [2.05, 4.69) is 44.0 Å². The van der Waals surface area contributed by atoms with Gasteiger partial charge in [0.1, 0.15) is 0 Å². The molecule has 1 rings (SSSR count). The smallest absolute Gasteiger partial charge is 0.198 e. The van der Waals surface area contributed by atoms with Gasteiger partial charge in [0.15, 0.2) is 0 Å². The summed E-state index contributed by atoms with van der Waals surface area (Å²) < 4.78 is 0. The van der Waals surface area contributed by atoms with Crippen LogP contribution in [0, 0.1) is 29.1 Å². The van der Waals surface area contributed by atoms with Crippen molar-refractivity contribution in [1.82, 2.24) is 0 Å². The highest BCUT2D eigenvalue weighted by Gasteiger charge is 2.51. The summed E-state index contributed by atoms with van der Waals surface area (Å²) in [7, 11) is 0. The third kappa shape index (κ3) is 1.88. The zero-order valence-corrected chi connectivity index (χ0v) is 8.78. The molecule has 3 heteroatoms. The third-order valence-corrected chi connectivity index (χ3v) is 2.56. The Morgan fingerprint density at radius 2 is 1.77 bits per heavy atom. The Hall–Kier alpha value is -0.910. The topological polar surface area (TPSA) is 48.5 Å². The molecule has 0 saturated carbocycles. The van der Waals surface area contributed by atoms with Gasteiger partial charge in [0.2, 0.25) is 5.66 Å². The Morgan fingerprint density at radius 3 is 2.00 bits per heavy atom. The van der Waals surface area contributed by atoms with Crippen molar-refractivity contribution in [3.63, 3.8) is 0 Å². The van der Waals surface area contributed by atoms with Crippen molar-refractivity contribution < 1.29 is 0 Å². The molecule has 3 nitrogen and oxygen atoms in total. The lowest BCUT2D eigenvalue weighted by Gasteiger charge is -2.21. The van der Waals surface area contributed by atoms with Crippen LogP contribution in [-0.2, 0) is 0 Å². The Bertz CT molecular complexity index is 241. The van der Waals surface area contributed by atoms with Crippen LogP contribution in [0.4, 0.5) is 0 Å². The molecule has 0 bridgehead atoms. The molecule has 0 fully saturated rings. The van der Waals surface area contributed by atoms with Crippen LogP contribution < -0.4 is 0 Å². The number of hydrogen-bond acceptors (Lipinski definition) is 3. The fourth-order valence-electron chi connectivity index (χ4n) is 1.62. The molecule has 0 N–H and O–H groups in total. The second kappa shape index (κ2) is 3.45. The molecule has 13 heavy (non-hydrogen) atoms. The van der Waals surface area contributed by atoms with Crippen molar-refractivity contribution in [2.45, 2.75) is 39.8 Å². The van der Waals surface area contributed by atoms with Gasteiger partial charge in [-0.2, -0.15) is 15.5 Å². The summed E-state index contributed by atoms with van der Waals surface area (Å²) in [5, 5.41) is 17.1. The molecule has 0 aliphatic carbocycles. The van der Waals surface area contributed by atoms with Gasteiger partial charge in [-0.3, -0.25) is 0 Å². The summed E-state index contributed by atoms with van der Waals surface area (Å²) in [6, 6.07) is 2.33. The van der Waals surface area contributed by atoms with E-state index in [0.717, 1.165) is 6.42 Å². The molecule has 0 aromatic carbocycles. The van der Waals surface area contributed by atoms with Crippen molar-refractivity contribution in [3.05, 3.63) is 0 Å². The van der Waals surface area contributed by atoms with Gasteiger partial charge < -0.3 is 0 Å². The van der Waals surface area contributed by atoms with Crippen LogP contribution in [0.25, 0.3) is 0 Å². The quantitative estimate of drug-likeness (QED) is 0.654. The van der Waals surface area contributed by atoms with Gasteiger partial charge >= 0.3 is 0 Å². The maximum Gasteiger partial charge on any atom is 0.208 e. The largest absolute Gasteiger partial charge is 0.208 e. The van der Waals surface area contributed by atoms with Crippen molar-refractivity contribution in [1.29, 1.82) is 5.26 Å². The highest BCUT2D eigenvalue weighted by atomic mass is 15.4. The Kier molecular flexibility index (Phi) is 2.70. The lowest BCUT2D eigenvalue weighted by atomic mass is 9.82. The predicted molar refractivity (Wildman–Crippen MR) is 51.0 cm³/mol. The summed E-state index contributed by atoms with van der Waals surface area (Å²) >= 11 is 0. The minimum absolute atomic E-state index is 0.0347. The molecule has 1 aliphatic heterocycles. The molecule has 0 spiro atoms. The first-order chi connectivity index (χ1) is 6.03. The second-order valence-corrected chi connectivity index (χ2v) is 4.45. The fourth-order valence-corrected chi connectivity index (χ4v) is 1.62. The van der Waals surface area contributed by atoms with E-state index in [-0.39, 0.29) is 11.6 Å². The standard InChI is InChI=1S/C10H17N3/c1-7(2)5-9(6-11)10(8(3)4)12-13-10/h7-9H,5H2,1-4H3. The number of nitriles is 1. The van der Waals surface area contributed by atoms with Crippen LogP contribution in [0.3, 0.4) is 0 Å². The molecule has 1 atom stereocenters. The Labute approximate surface area is 79.9 Å². The van der Waals surface area contributed by atoms with Crippen molar-refractivity contribution in [3.8, 4) is 6.07 Å². The number of rotatable bonds is 4. The fraction of sp³-hybridized carbons (Fsp3) is 0.900. The van der Waals surface area contributed by atoms with Crippen molar-refractivity contribution >= 4 is 0 Å². The van der Waals surface area contributed by atoms with Gasteiger partial charge in [-0.1, -0.05) is 27.7 Å². The lowest BCUT2D eigenvalue weighted by Crippen LogP contribution is -2.30. The van der Waals surface area contributed by atoms with Crippen molar-refractivity contribution in [2.24, 2.45) is 28.0 Å². The molecule has 0 aromatic rings. The van der Waals surface area contributed by atoms with E-state index >= 15 is 0 Å². The Morgan fingerprint density at radius 1 is 1.23 bits per heavy atom. The van der Waals surface area contributed by atoms with Gasteiger partial charge in [0.05, 0.1) is 12.0 Å². The first-order valence-corrected chi connectivity index (χ1v) is 4.86. The third-order valence-electron chi connectivity index (χ3n) is 2.56. The zero-order valence-electron chi connectivity index (χ0n) is 8.78. The molecule has 0 radical (unpaired) electrons. The summed E-state index contributed by atoms with van der Waals surface area (Å²) in [5.74, 6) is 0.842. The van der Waals surface area contributed by atoms with E-state index in [0.29, 0.717) is 11.8 Å². The molecule has 0 aromatic heterocycles. The van der Waals surface area contributed by atoms with Crippen LogP contribution >= 0.6 is 0 Å². The van der Waals surface area contributed by atoms with Crippen LogP contribution in [0.15, 0.2) is 10.2 Å². The van der Waals surface area contributed by atoms with E-state index in [1.165, 1.54) is 0 Å². The summed E-state index contributed by atoms with van der Waals surface area (Å²) in [4.78, 5) is 0. The van der Waals surface area contributed by atoms with Gasteiger partial charge in [0, 0.05) is 5.92 Å². The highest BCUT2D eigenvalue weighted by molar-refractivity contribution is 5.09. The van der Waals surface area contributed by atoms with E-state index in [4.69, 9.17) is 5.26 Å². The monoisotopic (exact) mass is 179 g/mol.